The van der Waals surface area contributed by atoms with Crippen molar-refractivity contribution < 1.29 is 4.79 Å². The molecule has 26 heavy (non-hydrogen) atoms. The minimum absolute atomic E-state index is 0.0626. The normalized spacial score (nSPS) is 12.3. The second-order valence-electron chi connectivity index (χ2n) is 6.44. The molecule has 0 fully saturated rings. The highest BCUT2D eigenvalue weighted by Crippen LogP contribution is 2.27. The number of hydrogen-bond acceptors (Lipinski definition) is 4. The van der Waals surface area contributed by atoms with Crippen LogP contribution in [-0.4, -0.2) is 15.5 Å². The molecule has 6 heteroatoms. The SMILES string of the molecule is CCCCn1cnc2sc(C(=O)NC(C)c3ccccc3)c(C)c2c1=O. The maximum atomic E-state index is 12.7. The standard InChI is InChI=1S/C20H23N3O2S/c1-4-5-11-23-12-21-19-16(20(23)25)13(2)17(26-19)18(24)22-14(3)15-9-7-6-8-10-15/h6-10,12,14H,4-5,11H2,1-3H3,(H,22,24). The van der Waals surface area contributed by atoms with E-state index in [1.807, 2.05) is 44.2 Å². The molecular formula is C20H23N3O2S. The van der Waals surface area contributed by atoms with Gasteiger partial charge in [0.25, 0.3) is 11.5 Å². The smallest absolute Gasteiger partial charge is 0.262 e. The monoisotopic (exact) mass is 369 g/mol. The number of amides is 1. The zero-order chi connectivity index (χ0) is 18.7. The first kappa shape index (κ1) is 18.3. The Balaban J connectivity index is 1.90. The first-order chi connectivity index (χ1) is 12.5. The van der Waals surface area contributed by atoms with Crippen LogP contribution in [-0.2, 0) is 6.54 Å². The molecule has 1 N–H and O–H groups in total. The fourth-order valence-corrected chi connectivity index (χ4v) is 3.99. The number of benzene rings is 1. The Morgan fingerprint density at radius 2 is 2.04 bits per heavy atom. The second kappa shape index (κ2) is 7.83. The number of rotatable bonds is 6. The van der Waals surface area contributed by atoms with Crippen molar-refractivity contribution in [1.82, 2.24) is 14.9 Å². The van der Waals surface area contributed by atoms with Gasteiger partial charge in [0.2, 0.25) is 0 Å². The Morgan fingerprint density at radius 3 is 2.73 bits per heavy atom. The van der Waals surface area contributed by atoms with E-state index in [-0.39, 0.29) is 17.5 Å². The lowest BCUT2D eigenvalue weighted by Crippen LogP contribution is -2.26. The first-order valence-corrected chi connectivity index (χ1v) is 9.69. The van der Waals surface area contributed by atoms with E-state index in [4.69, 9.17) is 0 Å². The maximum Gasteiger partial charge on any atom is 0.262 e. The number of unbranched alkanes of at least 4 members (excludes halogenated alkanes) is 1. The number of hydrogen-bond donors (Lipinski definition) is 1. The predicted octanol–water partition coefficient (Wildman–Crippen LogP) is 4.06. The fraction of sp³-hybridized carbons (Fsp3) is 0.350. The minimum atomic E-state index is -0.165. The lowest BCUT2D eigenvalue weighted by molar-refractivity contribution is 0.0943. The number of aromatic nitrogens is 2. The summed E-state index contributed by atoms with van der Waals surface area (Å²) < 4.78 is 1.64. The van der Waals surface area contributed by atoms with Crippen LogP contribution in [0.2, 0.25) is 0 Å². The first-order valence-electron chi connectivity index (χ1n) is 8.87. The molecule has 1 amide bonds. The number of aryl methyl sites for hydroxylation is 2. The van der Waals surface area contributed by atoms with E-state index < -0.39 is 0 Å². The van der Waals surface area contributed by atoms with Crippen LogP contribution in [0.15, 0.2) is 41.5 Å². The van der Waals surface area contributed by atoms with Gasteiger partial charge in [-0.15, -0.1) is 11.3 Å². The lowest BCUT2D eigenvalue weighted by Gasteiger charge is -2.13. The largest absolute Gasteiger partial charge is 0.345 e. The molecule has 0 aliphatic carbocycles. The van der Waals surface area contributed by atoms with E-state index in [9.17, 15) is 9.59 Å². The van der Waals surface area contributed by atoms with Gasteiger partial charge < -0.3 is 5.32 Å². The number of nitrogens with one attached hydrogen (secondary N) is 1. The quantitative estimate of drug-likeness (QED) is 0.713. The van der Waals surface area contributed by atoms with Crippen LogP contribution in [0.1, 0.15) is 53.5 Å². The molecule has 5 nitrogen and oxygen atoms in total. The highest BCUT2D eigenvalue weighted by Gasteiger charge is 2.20. The molecule has 1 aromatic carbocycles. The molecule has 0 aliphatic rings. The van der Waals surface area contributed by atoms with Crippen LogP contribution in [0.3, 0.4) is 0 Å². The van der Waals surface area contributed by atoms with E-state index in [1.54, 1.807) is 10.9 Å². The van der Waals surface area contributed by atoms with E-state index >= 15 is 0 Å². The Labute approximate surface area is 156 Å². The van der Waals surface area contributed by atoms with E-state index in [1.165, 1.54) is 11.3 Å². The van der Waals surface area contributed by atoms with Crippen LogP contribution in [0.4, 0.5) is 0 Å². The summed E-state index contributed by atoms with van der Waals surface area (Å²) in [4.78, 5) is 31.1. The van der Waals surface area contributed by atoms with Gasteiger partial charge in [0.1, 0.15) is 4.83 Å². The van der Waals surface area contributed by atoms with Gasteiger partial charge in [-0.2, -0.15) is 0 Å². The molecule has 0 saturated carbocycles. The third kappa shape index (κ3) is 3.55. The van der Waals surface area contributed by atoms with E-state index in [2.05, 4.69) is 17.2 Å². The molecule has 3 rings (SSSR count). The van der Waals surface area contributed by atoms with Gasteiger partial charge >= 0.3 is 0 Å². The van der Waals surface area contributed by atoms with Crippen molar-refractivity contribution in [3.8, 4) is 0 Å². The Hall–Kier alpha value is -2.47. The van der Waals surface area contributed by atoms with Gasteiger partial charge in [0.05, 0.1) is 22.6 Å². The van der Waals surface area contributed by atoms with Crippen LogP contribution >= 0.6 is 11.3 Å². The van der Waals surface area contributed by atoms with Crippen LogP contribution in [0, 0.1) is 6.92 Å². The van der Waals surface area contributed by atoms with E-state index in [0.717, 1.165) is 18.4 Å². The molecule has 3 aromatic rings. The highest BCUT2D eigenvalue weighted by atomic mass is 32.1. The van der Waals surface area contributed by atoms with E-state index in [0.29, 0.717) is 27.2 Å². The fourth-order valence-electron chi connectivity index (χ4n) is 2.95. The van der Waals surface area contributed by atoms with Crippen molar-refractivity contribution in [3.05, 3.63) is 63.0 Å². The van der Waals surface area contributed by atoms with Crippen molar-refractivity contribution in [2.24, 2.45) is 0 Å². The summed E-state index contributed by atoms with van der Waals surface area (Å²) in [6, 6.07) is 9.70. The molecule has 0 bridgehead atoms. The summed E-state index contributed by atoms with van der Waals surface area (Å²) in [5, 5.41) is 3.58. The Morgan fingerprint density at radius 1 is 1.31 bits per heavy atom. The molecule has 0 radical (unpaired) electrons. The predicted molar refractivity (Wildman–Crippen MR) is 106 cm³/mol. The van der Waals surface area contributed by atoms with Crippen molar-refractivity contribution in [1.29, 1.82) is 0 Å². The van der Waals surface area contributed by atoms with Crippen molar-refractivity contribution in [2.75, 3.05) is 0 Å². The summed E-state index contributed by atoms with van der Waals surface area (Å²) in [6.07, 6.45) is 3.53. The molecule has 1 atom stereocenters. The zero-order valence-corrected chi connectivity index (χ0v) is 16.1. The van der Waals surface area contributed by atoms with Crippen molar-refractivity contribution in [3.63, 3.8) is 0 Å². The number of carbonyl (C=O) groups excluding carboxylic acids is 1. The van der Waals surface area contributed by atoms with Gasteiger partial charge in [0.15, 0.2) is 0 Å². The summed E-state index contributed by atoms with van der Waals surface area (Å²) in [6.45, 7) is 6.52. The number of fused-ring (bicyclic) bond motifs is 1. The van der Waals surface area contributed by atoms with Crippen LogP contribution < -0.4 is 10.9 Å². The second-order valence-corrected chi connectivity index (χ2v) is 7.44. The van der Waals surface area contributed by atoms with Gasteiger partial charge in [-0.25, -0.2) is 4.98 Å². The minimum Gasteiger partial charge on any atom is -0.345 e. The Bertz CT molecular complexity index is 976. The summed E-state index contributed by atoms with van der Waals surface area (Å²) in [5.74, 6) is -0.165. The average molecular weight is 369 g/mol. The van der Waals surface area contributed by atoms with Gasteiger partial charge in [-0.1, -0.05) is 43.7 Å². The lowest BCUT2D eigenvalue weighted by atomic mass is 10.1. The highest BCUT2D eigenvalue weighted by molar-refractivity contribution is 7.20. The van der Waals surface area contributed by atoms with Crippen LogP contribution in [0.5, 0.6) is 0 Å². The number of carbonyl (C=O) groups is 1. The zero-order valence-electron chi connectivity index (χ0n) is 15.3. The summed E-state index contributed by atoms with van der Waals surface area (Å²) >= 11 is 1.28. The maximum absolute atomic E-state index is 12.7. The summed E-state index contributed by atoms with van der Waals surface area (Å²) in [7, 11) is 0. The molecule has 2 aromatic heterocycles. The van der Waals surface area contributed by atoms with Crippen LogP contribution in [0.25, 0.3) is 10.2 Å². The number of thiophene rings is 1. The molecule has 0 spiro atoms. The van der Waals surface area contributed by atoms with Gasteiger partial charge in [-0.3, -0.25) is 14.2 Å². The van der Waals surface area contributed by atoms with Crippen molar-refractivity contribution >= 4 is 27.5 Å². The topological polar surface area (TPSA) is 64.0 Å². The third-order valence-electron chi connectivity index (χ3n) is 4.52. The van der Waals surface area contributed by atoms with Gasteiger partial charge in [-0.05, 0) is 31.4 Å². The summed E-state index contributed by atoms with van der Waals surface area (Å²) in [5.41, 5.74) is 1.69. The third-order valence-corrected chi connectivity index (χ3v) is 5.72. The molecule has 136 valence electrons. The molecule has 1 unspecified atom stereocenters. The van der Waals surface area contributed by atoms with Gasteiger partial charge in [0, 0.05) is 6.54 Å². The number of nitrogens with zero attached hydrogens (tertiary/aromatic N) is 2. The molecular weight excluding hydrogens is 346 g/mol. The average Bonchev–Trinajstić information content (AvgIpc) is 2.99. The molecule has 0 saturated heterocycles. The van der Waals surface area contributed by atoms with Crippen molar-refractivity contribution in [2.45, 2.75) is 46.2 Å². The molecule has 2 heterocycles. The Kier molecular flexibility index (Phi) is 5.52. The molecule has 0 aliphatic heterocycles.